The standard InChI is InChI=1S/C36H32N2O4/c1-26-24-38(35(40)37-34(26)39)33-23-28(22-27-14-6-2-7-15-27)32(42-33)25-41-36(29-16-8-3-9-17-29,30-18-10-4-11-19-30)31-20-12-5-13-21-31/h2-22,24,32-33H,23,25H2,1H3,(H,37,39,40)/t32-,33-/m1/s1. The van der Waals surface area contributed by atoms with Gasteiger partial charge in [0.15, 0.2) is 0 Å². The quantitative estimate of drug-likeness (QED) is 0.230. The molecule has 210 valence electrons. The minimum atomic E-state index is -0.908. The van der Waals surface area contributed by atoms with Crippen molar-refractivity contribution in [3.63, 3.8) is 0 Å². The molecule has 0 unspecified atom stereocenters. The number of H-pyrrole nitrogens is 1. The summed E-state index contributed by atoms with van der Waals surface area (Å²) in [6.45, 7) is 1.91. The summed E-state index contributed by atoms with van der Waals surface area (Å²) >= 11 is 0. The highest BCUT2D eigenvalue weighted by Crippen LogP contribution is 2.42. The van der Waals surface area contributed by atoms with E-state index >= 15 is 0 Å². The molecule has 1 aliphatic rings. The van der Waals surface area contributed by atoms with Gasteiger partial charge in [-0.2, -0.15) is 0 Å². The maximum atomic E-state index is 12.8. The zero-order valence-corrected chi connectivity index (χ0v) is 23.4. The predicted octanol–water partition coefficient (Wildman–Crippen LogP) is 6.22. The number of nitrogens with zero attached hydrogens (tertiary/aromatic N) is 1. The van der Waals surface area contributed by atoms with E-state index < -0.39 is 29.2 Å². The molecule has 0 bridgehead atoms. The lowest BCUT2D eigenvalue weighted by Gasteiger charge is -2.36. The number of aromatic nitrogens is 2. The molecule has 6 rings (SSSR count). The zero-order chi connectivity index (χ0) is 28.9. The SMILES string of the molecule is Cc1cn([C@H]2CC(=Cc3ccccc3)[C@@H](COC(c3ccccc3)(c3ccccc3)c3ccccc3)O2)c(=O)[nH]c1=O. The van der Waals surface area contributed by atoms with Gasteiger partial charge in [0.25, 0.3) is 5.56 Å². The van der Waals surface area contributed by atoms with Crippen molar-refractivity contribution in [1.82, 2.24) is 9.55 Å². The van der Waals surface area contributed by atoms with Gasteiger partial charge in [-0.15, -0.1) is 0 Å². The molecule has 2 heterocycles. The van der Waals surface area contributed by atoms with E-state index in [9.17, 15) is 9.59 Å². The van der Waals surface area contributed by atoms with Crippen LogP contribution in [-0.2, 0) is 15.1 Å². The third-order valence-electron chi connectivity index (χ3n) is 7.75. The number of ether oxygens (including phenoxy) is 2. The molecule has 1 fully saturated rings. The fraction of sp³-hybridized carbons (Fsp3) is 0.167. The van der Waals surface area contributed by atoms with Crippen LogP contribution in [0.3, 0.4) is 0 Å². The van der Waals surface area contributed by atoms with Gasteiger partial charge in [-0.25, -0.2) is 4.79 Å². The van der Waals surface area contributed by atoms with Crippen LogP contribution in [0.1, 0.15) is 40.5 Å². The molecule has 6 heteroatoms. The van der Waals surface area contributed by atoms with Gasteiger partial charge < -0.3 is 9.47 Å². The fourth-order valence-corrected chi connectivity index (χ4v) is 5.65. The number of aromatic amines is 1. The lowest BCUT2D eigenvalue weighted by Crippen LogP contribution is -2.36. The van der Waals surface area contributed by atoms with Crippen molar-refractivity contribution in [2.45, 2.75) is 31.3 Å². The van der Waals surface area contributed by atoms with E-state index in [1.807, 2.05) is 84.9 Å². The number of nitrogens with one attached hydrogen (secondary N) is 1. The maximum Gasteiger partial charge on any atom is 0.330 e. The second kappa shape index (κ2) is 12.0. The predicted molar refractivity (Wildman–Crippen MR) is 164 cm³/mol. The fourth-order valence-electron chi connectivity index (χ4n) is 5.65. The first-order chi connectivity index (χ1) is 20.5. The van der Waals surface area contributed by atoms with Crippen molar-refractivity contribution in [2.75, 3.05) is 6.61 Å². The minimum Gasteiger partial charge on any atom is -0.358 e. The normalized spacial score (nSPS) is 17.9. The molecule has 42 heavy (non-hydrogen) atoms. The molecule has 1 saturated heterocycles. The van der Waals surface area contributed by atoms with Gasteiger partial charge in [0.1, 0.15) is 17.9 Å². The van der Waals surface area contributed by atoms with Crippen LogP contribution in [0.15, 0.2) is 143 Å². The van der Waals surface area contributed by atoms with E-state index in [2.05, 4.69) is 47.5 Å². The molecule has 4 aromatic carbocycles. The van der Waals surface area contributed by atoms with Crippen LogP contribution < -0.4 is 11.2 Å². The summed E-state index contributed by atoms with van der Waals surface area (Å²) in [6.07, 6.45) is 3.12. The number of rotatable bonds is 8. The summed E-state index contributed by atoms with van der Waals surface area (Å²) < 4.78 is 15.1. The lowest BCUT2D eigenvalue weighted by atomic mass is 9.80. The topological polar surface area (TPSA) is 73.3 Å². The first-order valence-electron chi connectivity index (χ1n) is 14.1. The summed E-state index contributed by atoms with van der Waals surface area (Å²) in [4.78, 5) is 27.3. The Kier molecular flexibility index (Phi) is 7.82. The Balaban J connectivity index is 1.43. The Hall–Kier alpha value is -4.78. The van der Waals surface area contributed by atoms with Crippen LogP contribution in [-0.4, -0.2) is 22.3 Å². The second-order valence-corrected chi connectivity index (χ2v) is 10.5. The van der Waals surface area contributed by atoms with Gasteiger partial charge in [-0.3, -0.25) is 14.3 Å². The average Bonchev–Trinajstić information content (AvgIpc) is 3.43. The molecule has 6 nitrogen and oxygen atoms in total. The molecular formula is C36H32N2O4. The van der Waals surface area contributed by atoms with Gasteiger partial charge in [0.05, 0.1) is 6.61 Å². The molecular weight excluding hydrogens is 524 g/mol. The molecule has 0 saturated carbocycles. The van der Waals surface area contributed by atoms with Crippen molar-refractivity contribution in [1.29, 1.82) is 0 Å². The van der Waals surface area contributed by atoms with Crippen molar-refractivity contribution in [3.05, 3.63) is 182 Å². The highest BCUT2D eigenvalue weighted by Gasteiger charge is 2.40. The highest BCUT2D eigenvalue weighted by molar-refractivity contribution is 5.54. The van der Waals surface area contributed by atoms with Crippen LogP contribution >= 0.6 is 0 Å². The van der Waals surface area contributed by atoms with Crippen LogP contribution in [0.4, 0.5) is 0 Å². The Labute approximate surface area is 244 Å². The molecule has 0 radical (unpaired) electrons. The number of benzene rings is 4. The minimum absolute atomic E-state index is 0.227. The highest BCUT2D eigenvalue weighted by atomic mass is 16.6. The Morgan fingerprint density at radius 2 is 1.31 bits per heavy atom. The van der Waals surface area contributed by atoms with Gasteiger partial charge in [0.2, 0.25) is 0 Å². The largest absolute Gasteiger partial charge is 0.358 e. The first-order valence-corrected chi connectivity index (χ1v) is 14.1. The smallest absolute Gasteiger partial charge is 0.330 e. The molecule has 2 atom stereocenters. The molecule has 0 aliphatic carbocycles. The third kappa shape index (κ3) is 5.42. The Morgan fingerprint density at radius 1 is 0.810 bits per heavy atom. The Bertz CT molecular complexity index is 1680. The van der Waals surface area contributed by atoms with Crippen LogP contribution in [0.2, 0.25) is 0 Å². The van der Waals surface area contributed by atoms with Crippen LogP contribution in [0.5, 0.6) is 0 Å². The average molecular weight is 557 g/mol. The second-order valence-electron chi connectivity index (χ2n) is 10.5. The third-order valence-corrected chi connectivity index (χ3v) is 7.75. The summed E-state index contributed by atoms with van der Waals surface area (Å²) in [7, 11) is 0. The van der Waals surface area contributed by atoms with Crippen LogP contribution in [0.25, 0.3) is 6.08 Å². The van der Waals surface area contributed by atoms with Crippen molar-refractivity contribution < 1.29 is 9.47 Å². The molecule has 0 amide bonds. The van der Waals surface area contributed by atoms with E-state index in [4.69, 9.17) is 9.47 Å². The van der Waals surface area contributed by atoms with Crippen molar-refractivity contribution >= 4 is 6.08 Å². The molecule has 1 N–H and O–H groups in total. The first kappa shape index (κ1) is 27.4. The molecule has 1 aliphatic heterocycles. The van der Waals surface area contributed by atoms with E-state index in [-0.39, 0.29) is 6.61 Å². The zero-order valence-electron chi connectivity index (χ0n) is 23.4. The molecule has 5 aromatic rings. The van der Waals surface area contributed by atoms with E-state index in [0.29, 0.717) is 12.0 Å². The summed E-state index contributed by atoms with van der Waals surface area (Å²) in [5.74, 6) is 0. The van der Waals surface area contributed by atoms with E-state index in [1.54, 1.807) is 13.1 Å². The van der Waals surface area contributed by atoms with Gasteiger partial charge in [-0.05, 0) is 34.8 Å². The maximum absolute atomic E-state index is 12.8. The molecule has 0 spiro atoms. The van der Waals surface area contributed by atoms with E-state index in [0.717, 1.165) is 27.8 Å². The van der Waals surface area contributed by atoms with Gasteiger partial charge in [0, 0.05) is 18.2 Å². The molecule has 1 aromatic heterocycles. The number of aryl methyl sites for hydroxylation is 1. The summed E-state index contributed by atoms with van der Waals surface area (Å²) in [5.41, 5.74) is 3.68. The monoisotopic (exact) mass is 556 g/mol. The van der Waals surface area contributed by atoms with Crippen molar-refractivity contribution in [3.8, 4) is 0 Å². The Morgan fingerprint density at radius 3 is 1.83 bits per heavy atom. The number of hydrogen-bond donors (Lipinski definition) is 1. The number of hydrogen-bond acceptors (Lipinski definition) is 4. The van der Waals surface area contributed by atoms with E-state index in [1.165, 1.54) is 4.57 Å². The lowest BCUT2D eigenvalue weighted by molar-refractivity contribution is -0.0714. The van der Waals surface area contributed by atoms with Gasteiger partial charge >= 0.3 is 5.69 Å². The summed E-state index contributed by atoms with van der Waals surface area (Å²) in [6, 6.07) is 40.7. The summed E-state index contributed by atoms with van der Waals surface area (Å²) in [5, 5.41) is 0. The van der Waals surface area contributed by atoms with Crippen molar-refractivity contribution in [2.24, 2.45) is 0 Å². The van der Waals surface area contributed by atoms with Crippen LogP contribution in [0, 0.1) is 6.92 Å². The van der Waals surface area contributed by atoms with Gasteiger partial charge in [-0.1, -0.05) is 127 Å².